The van der Waals surface area contributed by atoms with Gasteiger partial charge in [0.2, 0.25) is 0 Å². The van der Waals surface area contributed by atoms with Crippen molar-refractivity contribution in [3.63, 3.8) is 0 Å². The quantitative estimate of drug-likeness (QED) is 0.740. The van der Waals surface area contributed by atoms with Gasteiger partial charge >= 0.3 is 0 Å². The standard InChI is InChI=1S/C20H20ClN3O3S/c21-15-12-14(4-5-16(15)24-7-1-2-8-24)22-20(28)23-19(25)13-3-6-17-18(11-13)27-10-9-26-17/h3-6,11-12H,1-2,7-10H2,(H2,22,23,25,28). The smallest absolute Gasteiger partial charge is 0.257 e. The molecule has 2 aliphatic heterocycles. The fraction of sp³-hybridized carbons (Fsp3) is 0.300. The van der Waals surface area contributed by atoms with Crippen LogP contribution in [0.2, 0.25) is 5.02 Å². The lowest BCUT2D eigenvalue weighted by molar-refractivity contribution is 0.0976. The van der Waals surface area contributed by atoms with Crippen LogP contribution in [0.25, 0.3) is 0 Å². The topological polar surface area (TPSA) is 62.8 Å². The number of anilines is 2. The third-order valence-corrected chi connectivity index (χ3v) is 5.19. The summed E-state index contributed by atoms with van der Waals surface area (Å²) in [5.74, 6) is 0.868. The first-order valence-electron chi connectivity index (χ1n) is 9.16. The first kappa shape index (κ1) is 18.8. The first-order valence-corrected chi connectivity index (χ1v) is 9.95. The van der Waals surface area contributed by atoms with Gasteiger partial charge in [-0.1, -0.05) is 11.6 Å². The largest absolute Gasteiger partial charge is 0.486 e. The van der Waals surface area contributed by atoms with Crippen LogP contribution in [0.3, 0.4) is 0 Å². The molecule has 0 spiro atoms. The summed E-state index contributed by atoms with van der Waals surface area (Å²) in [7, 11) is 0. The molecule has 146 valence electrons. The Hall–Kier alpha value is -2.51. The minimum Gasteiger partial charge on any atom is -0.486 e. The number of rotatable bonds is 3. The maximum absolute atomic E-state index is 12.5. The molecule has 1 saturated heterocycles. The number of ether oxygens (including phenoxy) is 2. The van der Waals surface area contributed by atoms with Gasteiger partial charge in [-0.05, 0) is 61.5 Å². The molecule has 2 aromatic carbocycles. The monoisotopic (exact) mass is 417 g/mol. The predicted octanol–water partition coefficient (Wildman–Crippen LogP) is 3.84. The molecular formula is C20H20ClN3O3S. The van der Waals surface area contributed by atoms with Crippen LogP contribution in [-0.2, 0) is 0 Å². The molecule has 0 atom stereocenters. The molecule has 0 aromatic heterocycles. The van der Waals surface area contributed by atoms with Crippen LogP contribution in [0.4, 0.5) is 11.4 Å². The summed E-state index contributed by atoms with van der Waals surface area (Å²) in [5, 5.41) is 6.54. The molecule has 2 heterocycles. The fourth-order valence-electron chi connectivity index (χ4n) is 3.32. The second-order valence-electron chi connectivity index (χ2n) is 6.63. The number of nitrogens with zero attached hydrogens (tertiary/aromatic N) is 1. The number of carbonyl (C=O) groups is 1. The van der Waals surface area contributed by atoms with E-state index < -0.39 is 0 Å². The average Bonchev–Trinajstić information content (AvgIpc) is 3.22. The van der Waals surface area contributed by atoms with Crippen LogP contribution < -0.4 is 25.0 Å². The number of halogens is 1. The highest BCUT2D eigenvalue weighted by atomic mass is 35.5. The summed E-state index contributed by atoms with van der Waals surface area (Å²) >= 11 is 11.7. The number of hydrogen-bond donors (Lipinski definition) is 2. The van der Waals surface area contributed by atoms with Gasteiger partial charge in [-0.3, -0.25) is 10.1 Å². The highest BCUT2D eigenvalue weighted by Crippen LogP contribution is 2.32. The van der Waals surface area contributed by atoms with E-state index in [0.717, 1.165) is 24.5 Å². The van der Waals surface area contributed by atoms with E-state index in [2.05, 4.69) is 15.5 Å². The lowest BCUT2D eigenvalue weighted by Gasteiger charge is -2.20. The minimum atomic E-state index is -0.325. The van der Waals surface area contributed by atoms with E-state index in [-0.39, 0.29) is 11.0 Å². The van der Waals surface area contributed by atoms with Crippen LogP contribution >= 0.6 is 23.8 Å². The van der Waals surface area contributed by atoms with Crippen molar-refractivity contribution in [3.8, 4) is 11.5 Å². The molecule has 2 aromatic rings. The van der Waals surface area contributed by atoms with Crippen molar-refractivity contribution in [3.05, 3.63) is 47.0 Å². The van der Waals surface area contributed by atoms with Crippen molar-refractivity contribution in [1.29, 1.82) is 0 Å². The van der Waals surface area contributed by atoms with E-state index in [1.807, 2.05) is 18.2 Å². The van der Waals surface area contributed by atoms with Crippen LogP contribution in [0.15, 0.2) is 36.4 Å². The number of benzene rings is 2. The Balaban J connectivity index is 1.38. The molecule has 0 saturated carbocycles. The van der Waals surface area contributed by atoms with Crippen molar-refractivity contribution in [2.24, 2.45) is 0 Å². The number of fused-ring (bicyclic) bond motifs is 1. The lowest BCUT2D eigenvalue weighted by Crippen LogP contribution is -2.34. The fourth-order valence-corrected chi connectivity index (χ4v) is 3.83. The summed E-state index contributed by atoms with van der Waals surface area (Å²) < 4.78 is 11.0. The van der Waals surface area contributed by atoms with Gasteiger partial charge in [-0.25, -0.2) is 0 Å². The number of hydrogen-bond acceptors (Lipinski definition) is 5. The van der Waals surface area contributed by atoms with Gasteiger partial charge in [0.15, 0.2) is 16.6 Å². The Labute approximate surface area is 173 Å². The van der Waals surface area contributed by atoms with Crippen molar-refractivity contribution >= 4 is 46.2 Å². The third kappa shape index (κ3) is 4.15. The van der Waals surface area contributed by atoms with E-state index in [4.69, 9.17) is 33.3 Å². The molecule has 0 radical (unpaired) electrons. The van der Waals surface area contributed by atoms with Gasteiger partial charge < -0.3 is 19.7 Å². The maximum atomic E-state index is 12.5. The zero-order valence-corrected chi connectivity index (χ0v) is 16.7. The molecule has 6 nitrogen and oxygen atoms in total. The molecule has 1 fully saturated rings. The van der Waals surface area contributed by atoms with Gasteiger partial charge in [0.25, 0.3) is 5.91 Å². The number of nitrogens with one attached hydrogen (secondary N) is 2. The molecule has 4 rings (SSSR count). The Bertz CT molecular complexity index is 916. The number of thiocarbonyl (C=S) groups is 1. The second kappa shape index (κ2) is 8.24. The summed E-state index contributed by atoms with van der Waals surface area (Å²) in [6.45, 7) is 3.02. The predicted molar refractivity (Wildman–Crippen MR) is 114 cm³/mol. The Kier molecular flexibility index (Phi) is 5.54. The van der Waals surface area contributed by atoms with Gasteiger partial charge in [0, 0.05) is 24.3 Å². The molecule has 0 bridgehead atoms. The molecule has 28 heavy (non-hydrogen) atoms. The minimum absolute atomic E-state index is 0.199. The lowest BCUT2D eigenvalue weighted by atomic mass is 10.2. The summed E-state index contributed by atoms with van der Waals surface area (Å²) in [5.41, 5.74) is 2.19. The number of carbonyl (C=O) groups excluding carboxylic acids is 1. The summed E-state index contributed by atoms with van der Waals surface area (Å²) in [4.78, 5) is 14.7. The molecule has 8 heteroatoms. The van der Waals surface area contributed by atoms with Crippen molar-refractivity contribution in [1.82, 2.24) is 5.32 Å². The maximum Gasteiger partial charge on any atom is 0.257 e. The van der Waals surface area contributed by atoms with E-state index >= 15 is 0 Å². The highest BCUT2D eigenvalue weighted by Gasteiger charge is 2.17. The van der Waals surface area contributed by atoms with Gasteiger partial charge in [-0.15, -0.1) is 0 Å². The molecular weight excluding hydrogens is 398 g/mol. The van der Waals surface area contributed by atoms with Crippen molar-refractivity contribution in [2.45, 2.75) is 12.8 Å². The van der Waals surface area contributed by atoms with Crippen molar-refractivity contribution < 1.29 is 14.3 Å². The van der Waals surface area contributed by atoms with E-state index in [1.165, 1.54) is 12.8 Å². The molecule has 0 unspecified atom stereocenters. The first-order chi connectivity index (χ1) is 13.6. The zero-order chi connectivity index (χ0) is 19.5. The summed E-state index contributed by atoms with van der Waals surface area (Å²) in [6.07, 6.45) is 2.37. The molecule has 1 amide bonds. The molecule has 0 aliphatic carbocycles. The van der Waals surface area contributed by atoms with Crippen LogP contribution in [-0.4, -0.2) is 37.3 Å². The SMILES string of the molecule is O=C(NC(=S)Nc1ccc(N2CCCC2)c(Cl)c1)c1ccc2c(c1)OCCO2. The Morgan fingerprint density at radius 1 is 1.04 bits per heavy atom. The van der Waals surface area contributed by atoms with E-state index in [0.29, 0.717) is 35.3 Å². The second-order valence-corrected chi connectivity index (χ2v) is 7.44. The van der Waals surface area contributed by atoms with Gasteiger partial charge in [0.05, 0.1) is 10.7 Å². The van der Waals surface area contributed by atoms with Gasteiger partial charge in [-0.2, -0.15) is 0 Å². The normalized spacial score (nSPS) is 15.2. The zero-order valence-electron chi connectivity index (χ0n) is 15.2. The Morgan fingerprint density at radius 2 is 1.79 bits per heavy atom. The van der Waals surface area contributed by atoms with Crippen LogP contribution in [0, 0.1) is 0 Å². The van der Waals surface area contributed by atoms with Gasteiger partial charge in [0.1, 0.15) is 13.2 Å². The average molecular weight is 418 g/mol. The molecule has 2 N–H and O–H groups in total. The van der Waals surface area contributed by atoms with E-state index in [1.54, 1.807) is 18.2 Å². The molecule has 2 aliphatic rings. The van der Waals surface area contributed by atoms with Crippen LogP contribution in [0.5, 0.6) is 11.5 Å². The van der Waals surface area contributed by atoms with E-state index in [9.17, 15) is 4.79 Å². The number of amides is 1. The van der Waals surface area contributed by atoms with Crippen molar-refractivity contribution in [2.75, 3.05) is 36.5 Å². The Morgan fingerprint density at radius 3 is 2.54 bits per heavy atom. The highest BCUT2D eigenvalue weighted by molar-refractivity contribution is 7.80. The summed E-state index contributed by atoms with van der Waals surface area (Å²) in [6, 6.07) is 10.7. The third-order valence-electron chi connectivity index (χ3n) is 4.68. The van der Waals surface area contributed by atoms with Crippen LogP contribution in [0.1, 0.15) is 23.2 Å².